The quantitative estimate of drug-likeness (QED) is 0.388. The third-order valence-corrected chi connectivity index (χ3v) is 10.1. The summed E-state index contributed by atoms with van der Waals surface area (Å²) in [5.74, 6) is 0. The molecule has 0 radical (unpaired) electrons. The molecule has 0 aliphatic heterocycles. The van der Waals surface area contributed by atoms with E-state index in [-0.39, 0.29) is 19.5 Å². The normalized spacial score (nSPS) is 27.4. The van der Waals surface area contributed by atoms with Crippen LogP contribution >= 0.6 is 7.92 Å². The number of hydrogen-bond donors (Lipinski definition) is 0. The molecule has 0 bridgehead atoms. The molecule has 0 aromatic rings. The predicted octanol–water partition coefficient (Wildman–Crippen LogP) is 6.46. The summed E-state index contributed by atoms with van der Waals surface area (Å²) in [5.41, 5.74) is 3.57. The maximum absolute atomic E-state index is 1.61. The summed E-state index contributed by atoms with van der Waals surface area (Å²) in [6, 6.07) is 0. The van der Waals surface area contributed by atoms with Crippen LogP contribution in [0.1, 0.15) is 96.3 Å². The molecule has 0 amide bonds. The van der Waals surface area contributed by atoms with Gasteiger partial charge in [-0.3, -0.25) is 0 Å². The van der Waals surface area contributed by atoms with Gasteiger partial charge in [-0.1, -0.05) is 65.7 Å². The summed E-state index contributed by atoms with van der Waals surface area (Å²) in [7, 11) is 0.385. The van der Waals surface area contributed by atoms with Gasteiger partial charge in [-0.15, -0.1) is 0 Å². The van der Waals surface area contributed by atoms with E-state index in [9.17, 15) is 0 Å². The third kappa shape index (κ3) is 4.52. The Kier molecular flexibility index (Phi) is 8.05. The molecule has 0 nitrogen and oxygen atoms in total. The smallest absolute Gasteiger partial charge is 0.0971 e. The molecule has 116 valence electrons. The molecule has 0 N–H and O–H groups in total. The van der Waals surface area contributed by atoms with Gasteiger partial charge in [-0.2, -0.15) is 0 Å². The van der Waals surface area contributed by atoms with Gasteiger partial charge in [0.05, 0.1) is 0 Å². The van der Waals surface area contributed by atoms with Crippen LogP contribution in [0.2, 0.25) is 0 Å². The molecule has 3 aliphatic rings. The minimum atomic E-state index is 0. The Morgan fingerprint density at radius 2 is 0.650 bits per heavy atom. The molecule has 0 saturated heterocycles. The maximum atomic E-state index is 1.61. The van der Waals surface area contributed by atoms with E-state index in [1.807, 2.05) is 0 Å². The van der Waals surface area contributed by atoms with E-state index >= 15 is 0 Å². The Labute approximate surface area is 140 Å². The Hall–Kier alpha value is 1.05. The topological polar surface area (TPSA) is 0 Å². The van der Waals surface area contributed by atoms with E-state index in [1.165, 1.54) is 36.2 Å². The fourth-order valence-corrected chi connectivity index (χ4v) is 9.71. The van der Waals surface area contributed by atoms with Crippen LogP contribution < -0.4 is 0 Å². The van der Waals surface area contributed by atoms with Crippen LogP contribution in [0, 0.1) is 0 Å². The second-order valence-electron chi connectivity index (χ2n) is 7.32. The molecule has 0 heterocycles. The fourth-order valence-electron chi connectivity index (χ4n) is 5.03. The molecule has 0 spiro atoms. The van der Waals surface area contributed by atoms with Crippen LogP contribution in [-0.4, -0.2) is 17.0 Å². The fraction of sp³-hybridized carbons (Fsp3) is 1.00. The summed E-state index contributed by atoms with van der Waals surface area (Å²) in [6.45, 7) is 0. The molecule has 3 aliphatic carbocycles. The van der Waals surface area contributed by atoms with Crippen molar-refractivity contribution in [3.8, 4) is 0 Å². The zero-order chi connectivity index (χ0) is 12.9. The van der Waals surface area contributed by atoms with E-state index < -0.39 is 0 Å². The van der Waals surface area contributed by atoms with Crippen molar-refractivity contribution >= 4 is 7.92 Å². The molecule has 2 heteroatoms. The van der Waals surface area contributed by atoms with Crippen molar-refractivity contribution in [2.45, 2.75) is 113 Å². The van der Waals surface area contributed by atoms with E-state index in [4.69, 9.17) is 0 Å². The van der Waals surface area contributed by atoms with E-state index in [2.05, 4.69) is 0 Å². The van der Waals surface area contributed by atoms with Crippen molar-refractivity contribution in [2.24, 2.45) is 0 Å². The minimum absolute atomic E-state index is 0. The third-order valence-electron chi connectivity index (χ3n) is 5.99. The van der Waals surface area contributed by atoms with Gasteiger partial charge in [0, 0.05) is 0 Å². The van der Waals surface area contributed by atoms with Crippen molar-refractivity contribution in [3.63, 3.8) is 0 Å². The van der Waals surface area contributed by atoms with Crippen LogP contribution in [0.25, 0.3) is 0 Å². The van der Waals surface area contributed by atoms with Gasteiger partial charge < -0.3 is 0 Å². The summed E-state index contributed by atoms with van der Waals surface area (Å²) < 4.78 is 0. The Morgan fingerprint density at radius 1 is 0.400 bits per heavy atom. The number of rotatable bonds is 3. The zero-order valence-corrected chi connectivity index (χ0v) is 15.8. The van der Waals surface area contributed by atoms with Crippen molar-refractivity contribution in [3.05, 3.63) is 0 Å². The van der Waals surface area contributed by atoms with Crippen LogP contribution in [0.15, 0.2) is 0 Å². The van der Waals surface area contributed by atoms with Gasteiger partial charge in [0.25, 0.3) is 0 Å². The molecule has 0 unspecified atom stereocenters. The van der Waals surface area contributed by atoms with Gasteiger partial charge in [0.15, 0.2) is 0 Å². The molecule has 0 aromatic heterocycles. The van der Waals surface area contributed by atoms with Gasteiger partial charge in [-0.25, -0.2) is 0 Å². The molecule has 3 fully saturated rings. The van der Waals surface area contributed by atoms with Gasteiger partial charge >= 0.3 is 19.5 Å². The summed E-state index contributed by atoms with van der Waals surface area (Å²) in [6.07, 6.45) is 23.6. The second-order valence-corrected chi connectivity index (χ2v) is 10.4. The summed E-state index contributed by atoms with van der Waals surface area (Å²) in [4.78, 5) is 0. The van der Waals surface area contributed by atoms with Gasteiger partial charge in [0.2, 0.25) is 0 Å². The Morgan fingerprint density at radius 3 is 0.900 bits per heavy atom. The van der Waals surface area contributed by atoms with Crippen molar-refractivity contribution < 1.29 is 19.5 Å². The monoisotopic (exact) mass is 382 g/mol. The summed E-state index contributed by atoms with van der Waals surface area (Å²) in [5, 5.41) is 0. The molecule has 0 aromatic carbocycles. The maximum Gasteiger partial charge on any atom is 2.00 e. The molecular weight excluding hydrogens is 348 g/mol. The summed E-state index contributed by atoms with van der Waals surface area (Å²) >= 11 is 0. The van der Waals surface area contributed by atoms with Crippen molar-refractivity contribution in [1.29, 1.82) is 0 Å². The minimum Gasteiger partial charge on any atom is -0.0971 e. The van der Waals surface area contributed by atoms with E-state index in [0.717, 1.165) is 0 Å². The first-order valence-electron chi connectivity index (χ1n) is 9.22. The molecule has 0 atom stereocenters. The van der Waals surface area contributed by atoms with Crippen LogP contribution in [0.3, 0.4) is 0 Å². The van der Waals surface area contributed by atoms with E-state index in [1.54, 1.807) is 77.0 Å². The standard InChI is InChI=1S/C18H33P.Ru/c1-4-10-16(11-5-1)19(17-12-6-2-7-13-17)18-14-8-3-9-15-18;/h16-18H,1-15H2;/q;+2. The average molecular weight is 382 g/mol. The molecule has 20 heavy (non-hydrogen) atoms. The zero-order valence-electron chi connectivity index (χ0n) is 13.1. The predicted molar refractivity (Wildman–Crippen MR) is 87.5 cm³/mol. The Balaban J connectivity index is 0.00000147. The Bertz CT molecular complexity index is 207. The first-order chi connectivity index (χ1) is 9.45. The van der Waals surface area contributed by atoms with Crippen LogP contribution in [0.4, 0.5) is 0 Å². The number of hydrogen-bond acceptors (Lipinski definition) is 0. The largest absolute Gasteiger partial charge is 2.00 e. The van der Waals surface area contributed by atoms with Gasteiger partial charge in [0.1, 0.15) is 0 Å². The first-order valence-corrected chi connectivity index (χ1v) is 10.8. The molecule has 3 saturated carbocycles. The first kappa shape index (κ1) is 17.4. The van der Waals surface area contributed by atoms with Crippen LogP contribution in [0.5, 0.6) is 0 Å². The molecule has 3 rings (SSSR count). The van der Waals surface area contributed by atoms with Crippen molar-refractivity contribution in [2.75, 3.05) is 0 Å². The van der Waals surface area contributed by atoms with Gasteiger partial charge in [-0.05, 0) is 55.5 Å². The van der Waals surface area contributed by atoms with Crippen molar-refractivity contribution in [1.82, 2.24) is 0 Å². The SMILES string of the molecule is C1CCC(P(C2CCCCC2)C2CCCCC2)CC1.[Ru+2]. The average Bonchev–Trinajstić information content (AvgIpc) is 2.51. The van der Waals surface area contributed by atoms with E-state index in [0.29, 0.717) is 7.92 Å². The molecular formula is C18H33PRu+2. The second kappa shape index (κ2) is 9.25. The van der Waals surface area contributed by atoms with Crippen LogP contribution in [-0.2, 0) is 19.5 Å².